The van der Waals surface area contributed by atoms with Crippen LogP contribution in [0, 0.1) is 0 Å². The first-order valence-corrected chi connectivity index (χ1v) is 7.06. The lowest BCUT2D eigenvalue weighted by Crippen LogP contribution is -2.31. The van der Waals surface area contributed by atoms with E-state index in [0.717, 1.165) is 16.1 Å². The van der Waals surface area contributed by atoms with E-state index in [1.165, 1.54) is 0 Å². The standard InChI is InChI=1S/C16H18ClN3O/c17-14-8-6-12(7-9-14)10-19-11-15(16(18)20-21)13-4-2-1-3-5-13/h1-9,15,19,21H,10-11H2,(H2,18,20). The van der Waals surface area contributed by atoms with Gasteiger partial charge in [-0.2, -0.15) is 0 Å². The summed E-state index contributed by atoms with van der Waals surface area (Å²) in [6, 6.07) is 17.4. The molecule has 2 aromatic rings. The number of nitrogens with one attached hydrogen (secondary N) is 1. The molecule has 0 amide bonds. The fourth-order valence-corrected chi connectivity index (χ4v) is 2.24. The summed E-state index contributed by atoms with van der Waals surface area (Å²) in [6.45, 7) is 1.28. The van der Waals surface area contributed by atoms with Crippen molar-refractivity contribution in [3.8, 4) is 0 Å². The summed E-state index contributed by atoms with van der Waals surface area (Å²) in [5.41, 5.74) is 7.93. The van der Waals surface area contributed by atoms with Gasteiger partial charge in [0, 0.05) is 18.1 Å². The number of halogens is 1. The van der Waals surface area contributed by atoms with Gasteiger partial charge in [0.1, 0.15) is 5.84 Å². The molecule has 0 fully saturated rings. The van der Waals surface area contributed by atoms with E-state index in [4.69, 9.17) is 22.5 Å². The van der Waals surface area contributed by atoms with Gasteiger partial charge in [-0.05, 0) is 23.3 Å². The van der Waals surface area contributed by atoms with Gasteiger partial charge >= 0.3 is 0 Å². The summed E-state index contributed by atoms with van der Waals surface area (Å²) in [4.78, 5) is 0. The minimum absolute atomic E-state index is 0.163. The molecule has 0 saturated carbocycles. The summed E-state index contributed by atoms with van der Waals surface area (Å²) < 4.78 is 0. The quantitative estimate of drug-likeness (QED) is 0.332. The highest BCUT2D eigenvalue weighted by Gasteiger charge is 2.15. The fraction of sp³-hybridized carbons (Fsp3) is 0.188. The van der Waals surface area contributed by atoms with E-state index in [2.05, 4.69) is 10.5 Å². The van der Waals surface area contributed by atoms with Gasteiger partial charge in [0.2, 0.25) is 0 Å². The van der Waals surface area contributed by atoms with E-state index >= 15 is 0 Å². The lowest BCUT2D eigenvalue weighted by molar-refractivity contribution is 0.315. The van der Waals surface area contributed by atoms with Crippen molar-refractivity contribution >= 4 is 17.4 Å². The molecule has 0 aliphatic carbocycles. The molecule has 0 bridgehead atoms. The number of nitrogens with zero attached hydrogens (tertiary/aromatic N) is 1. The molecule has 0 radical (unpaired) electrons. The Hall–Kier alpha value is -2.04. The third-order valence-corrected chi connectivity index (χ3v) is 3.52. The van der Waals surface area contributed by atoms with E-state index in [0.29, 0.717) is 13.1 Å². The van der Waals surface area contributed by atoms with Crippen LogP contribution in [0.25, 0.3) is 0 Å². The highest BCUT2D eigenvalue weighted by Crippen LogP contribution is 2.15. The van der Waals surface area contributed by atoms with Crippen LogP contribution in [0.15, 0.2) is 59.8 Å². The number of hydrogen-bond acceptors (Lipinski definition) is 3. The van der Waals surface area contributed by atoms with Crippen LogP contribution in [-0.2, 0) is 6.54 Å². The van der Waals surface area contributed by atoms with Crippen LogP contribution in [0.2, 0.25) is 5.02 Å². The third kappa shape index (κ3) is 4.48. The molecule has 0 saturated heterocycles. The normalized spacial score (nSPS) is 13.1. The smallest absolute Gasteiger partial charge is 0.147 e. The zero-order valence-corrected chi connectivity index (χ0v) is 12.3. The fourth-order valence-electron chi connectivity index (χ4n) is 2.11. The van der Waals surface area contributed by atoms with Crippen molar-refractivity contribution in [2.45, 2.75) is 12.5 Å². The lowest BCUT2D eigenvalue weighted by atomic mass is 9.98. The number of nitrogens with two attached hydrogens (primary N) is 1. The van der Waals surface area contributed by atoms with Crippen molar-refractivity contribution in [1.82, 2.24) is 5.32 Å². The van der Waals surface area contributed by atoms with Crippen molar-refractivity contribution in [2.75, 3.05) is 6.54 Å². The van der Waals surface area contributed by atoms with Crippen LogP contribution >= 0.6 is 11.6 Å². The minimum atomic E-state index is -0.163. The molecule has 110 valence electrons. The van der Waals surface area contributed by atoms with Crippen LogP contribution in [0.4, 0.5) is 0 Å². The van der Waals surface area contributed by atoms with Gasteiger partial charge in [0.25, 0.3) is 0 Å². The third-order valence-electron chi connectivity index (χ3n) is 3.27. The molecule has 4 N–H and O–H groups in total. The van der Waals surface area contributed by atoms with E-state index in [1.54, 1.807) is 0 Å². The van der Waals surface area contributed by atoms with Gasteiger partial charge in [-0.1, -0.05) is 59.2 Å². The van der Waals surface area contributed by atoms with Crippen LogP contribution < -0.4 is 11.1 Å². The number of benzene rings is 2. The molecule has 1 atom stereocenters. The van der Waals surface area contributed by atoms with Gasteiger partial charge in [-0.3, -0.25) is 0 Å². The SMILES string of the molecule is NC(=NO)C(CNCc1ccc(Cl)cc1)c1ccccc1. The maximum atomic E-state index is 8.93. The van der Waals surface area contributed by atoms with Crippen molar-refractivity contribution in [3.63, 3.8) is 0 Å². The average Bonchev–Trinajstić information content (AvgIpc) is 2.53. The van der Waals surface area contributed by atoms with Gasteiger partial charge in [-0.15, -0.1) is 0 Å². The highest BCUT2D eigenvalue weighted by atomic mass is 35.5. The molecular formula is C16H18ClN3O. The van der Waals surface area contributed by atoms with Gasteiger partial charge < -0.3 is 16.3 Å². The molecule has 4 nitrogen and oxygen atoms in total. The Labute approximate surface area is 129 Å². The summed E-state index contributed by atoms with van der Waals surface area (Å²) in [6.07, 6.45) is 0. The second-order valence-corrected chi connectivity index (χ2v) is 5.18. The van der Waals surface area contributed by atoms with E-state index < -0.39 is 0 Å². The second-order valence-electron chi connectivity index (χ2n) is 4.75. The average molecular weight is 304 g/mol. The Morgan fingerprint density at radius 2 is 1.81 bits per heavy atom. The molecule has 2 rings (SSSR count). The van der Waals surface area contributed by atoms with E-state index in [-0.39, 0.29) is 11.8 Å². The Morgan fingerprint density at radius 1 is 1.14 bits per heavy atom. The zero-order valence-electron chi connectivity index (χ0n) is 11.5. The maximum Gasteiger partial charge on any atom is 0.147 e. The predicted molar refractivity (Wildman–Crippen MR) is 85.8 cm³/mol. The molecule has 0 heterocycles. The topological polar surface area (TPSA) is 70.6 Å². The Bertz CT molecular complexity index is 584. The largest absolute Gasteiger partial charge is 0.409 e. The van der Waals surface area contributed by atoms with Crippen LogP contribution in [-0.4, -0.2) is 17.6 Å². The van der Waals surface area contributed by atoms with Gasteiger partial charge in [-0.25, -0.2) is 0 Å². The number of hydrogen-bond donors (Lipinski definition) is 3. The predicted octanol–water partition coefficient (Wildman–Crippen LogP) is 2.96. The molecule has 0 aliphatic heterocycles. The van der Waals surface area contributed by atoms with Crippen LogP contribution in [0.3, 0.4) is 0 Å². The zero-order chi connectivity index (χ0) is 15.1. The molecular weight excluding hydrogens is 286 g/mol. The lowest BCUT2D eigenvalue weighted by Gasteiger charge is -2.16. The van der Waals surface area contributed by atoms with Gasteiger partial charge in [0.15, 0.2) is 0 Å². The first-order valence-electron chi connectivity index (χ1n) is 6.68. The minimum Gasteiger partial charge on any atom is -0.409 e. The molecule has 5 heteroatoms. The van der Waals surface area contributed by atoms with E-state index in [1.807, 2.05) is 54.6 Å². The summed E-state index contributed by atoms with van der Waals surface area (Å²) in [7, 11) is 0. The molecule has 0 aliphatic rings. The van der Waals surface area contributed by atoms with E-state index in [9.17, 15) is 0 Å². The monoisotopic (exact) mass is 303 g/mol. The van der Waals surface area contributed by atoms with Crippen LogP contribution in [0.5, 0.6) is 0 Å². The Kier molecular flexibility index (Phi) is 5.60. The maximum absolute atomic E-state index is 8.93. The Morgan fingerprint density at radius 3 is 2.43 bits per heavy atom. The number of oxime groups is 1. The van der Waals surface area contributed by atoms with Crippen molar-refractivity contribution < 1.29 is 5.21 Å². The number of amidine groups is 1. The Balaban J connectivity index is 1.98. The van der Waals surface area contributed by atoms with Crippen molar-refractivity contribution in [1.29, 1.82) is 0 Å². The summed E-state index contributed by atoms with van der Waals surface area (Å²) in [5, 5.41) is 16.1. The van der Waals surface area contributed by atoms with Gasteiger partial charge in [0.05, 0.1) is 5.92 Å². The first kappa shape index (κ1) is 15.4. The van der Waals surface area contributed by atoms with Crippen LogP contribution in [0.1, 0.15) is 17.0 Å². The summed E-state index contributed by atoms with van der Waals surface area (Å²) in [5.74, 6) is 0.0355. The molecule has 2 aromatic carbocycles. The van der Waals surface area contributed by atoms with Crippen molar-refractivity contribution in [3.05, 3.63) is 70.7 Å². The highest BCUT2D eigenvalue weighted by molar-refractivity contribution is 6.30. The first-order chi connectivity index (χ1) is 10.2. The molecule has 1 unspecified atom stereocenters. The summed E-state index contributed by atoms with van der Waals surface area (Å²) >= 11 is 5.86. The molecule has 21 heavy (non-hydrogen) atoms. The molecule has 0 aromatic heterocycles. The molecule has 0 spiro atoms. The number of rotatable bonds is 6. The second kappa shape index (κ2) is 7.67. The van der Waals surface area contributed by atoms with Crippen molar-refractivity contribution in [2.24, 2.45) is 10.9 Å².